The molecule has 1 aromatic carbocycles. The summed E-state index contributed by atoms with van der Waals surface area (Å²) in [5.74, 6) is 0.603. The molecule has 0 saturated carbocycles. The van der Waals surface area contributed by atoms with Gasteiger partial charge in [0, 0.05) is 6.04 Å². The Bertz CT molecular complexity index is 409. The molecule has 0 bridgehead atoms. The first-order valence-electron chi connectivity index (χ1n) is 6.50. The predicted octanol–water partition coefficient (Wildman–Crippen LogP) is 3.60. The predicted molar refractivity (Wildman–Crippen MR) is 78.5 cm³/mol. The van der Waals surface area contributed by atoms with Crippen LogP contribution in [0.3, 0.4) is 0 Å². The third-order valence-corrected chi connectivity index (χ3v) is 4.56. The first-order valence-corrected chi connectivity index (χ1v) is 7.25. The highest BCUT2D eigenvalue weighted by atomic mass is 35.5. The molecule has 0 radical (unpaired) electrons. The maximum Gasteiger partial charge on any atom is 0.0640 e. The first kappa shape index (κ1) is 14.1. The summed E-state index contributed by atoms with van der Waals surface area (Å²) < 4.78 is 0. The van der Waals surface area contributed by atoms with E-state index >= 15 is 0 Å². The average Bonchev–Trinajstić information content (AvgIpc) is 2.72. The molecule has 0 spiro atoms. The fourth-order valence-electron chi connectivity index (χ4n) is 2.81. The summed E-state index contributed by atoms with van der Waals surface area (Å²) in [7, 11) is 2.16. The summed E-state index contributed by atoms with van der Waals surface area (Å²) in [6.45, 7) is 5.30. The van der Waals surface area contributed by atoms with Crippen molar-refractivity contribution >= 4 is 23.2 Å². The van der Waals surface area contributed by atoms with E-state index in [4.69, 9.17) is 23.2 Å². The van der Waals surface area contributed by atoms with Crippen LogP contribution < -0.4 is 5.32 Å². The van der Waals surface area contributed by atoms with Gasteiger partial charge in [-0.15, -0.1) is 0 Å². The van der Waals surface area contributed by atoms with Gasteiger partial charge in [0.1, 0.15) is 0 Å². The maximum atomic E-state index is 6.36. The van der Waals surface area contributed by atoms with Gasteiger partial charge in [0.25, 0.3) is 0 Å². The lowest BCUT2D eigenvalue weighted by atomic mass is 9.93. The molecule has 1 N–H and O–H groups in total. The molecule has 1 saturated heterocycles. The Hall–Kier alpha value is -0.280. The fraction of sp³-hybridized carbons (Fsp3) is 0.571. The lowest BCUT2D eigenvalue weighted by Gasteiger charge is -2.27. The SMILES string of the molecule is CCNCC1CCN(C)C1c1cccc(Cl)c1Cl. The topological polar surface area (TPSA) is 15.3 Å². The zero-order valence-corrected chi connectivity index (χ0v) is 12.4. The summed E-state index contributed by atoms with van der Waals surface area (Å²) in [4.78, 5) is 2.37. The highest BCUT2D eigenvalue weighted by Crippen LogP contribution is 2.40. The molecule has 2 atom stereocenters. The summed E-state index contributed by atoms with van der Waals surface area (Å²) in [6.07, 6.45) is 1.21. The lowest BCUT2D eigenvalue weighted by molar-refractivity contribution is 0.273. The third-order valence-electron chi connectivity index (χ3n) is 3.73. The Labute approximate surface area is 119 Å². The van der Waals surface area contributed by atoms with Crippen LogP contribution in [0.1, 0.15) is 24.9 Å². The number of nitrogens with one attached hydrogen (secondary N) is 1. The summed E-state index contributed by atoms with van der Waals surface area (Å²) >= 11 is 12.5. The van der Waals surface area contributed by atoms with Crippen LogP contribution in [0, 0.1) is 5.92 Å². The minimum atomic E-state index is 0.371. The second kappa shape index (κ2) is 6.25. The van der Waals surface area contributed by atoms with Gasteiger partial charge in [-0.05, 0) is 50.7 Å². The Morgan fingerprint density at radius 3 is 2.89 bits per heavy atom. The molecule has 1 heterocycles. The number of hydrogen-bond donors (Lipinski definition) is 1. The van der Waals surface area contributed by atoms with Gasteiger partial charge in [0.15, 0.2) is 0 Å². The molecule has 1 fully saturated rings. The van der Waals surface area contributed by atoms with Gasteiger partial charge in [-0.25, -0.2) is 0 Å². The largest absolute Gasteiger partial charge is 0.317 e. The quantitative estimate of drug-likeness (QED) is 0.910. The zero-order chi connectivity index (χ0) is 13.1. The molecule has 2 nitrogen and oxygen atoms in total. The normalized spacial score (nSPS) is 24.7. The van der Waals surface area contributed by atoms with Crippen molar-refractivity contribution in [3.63, 3.8) is 0 Å². The number of rotatable bonds is 4. The van der Waals surface area contributed by atoms with Crippen molar-refractivity contribution in [3.05, 3.63) is 33.8 Å². The molecule has 100 valence electrons. The second-order valence-corrected chi connectivity index (χ2v) is 5.71. The van der Waals surface area contributed by atoms with Crippen LogP contribution in [0.4, 0.5) is 0 Å². The molecule has 18 heavy (non-hydrogen) atoms. The van der Waals surface area contributed by atoms with Crippen LogP contribution >= 0.6 is 23.2 Å². The van der Waals surface area contributed by atoms with Gasteiger partial charge in [0.05, 0.1) is 10.0 Å². The van der Waals surface area contributed by atoms with Crippen molar-refractivity contribution in [1.29, 1.82) is 0 Å². The standard InChI is InChI=1S/C14H20Cl2N2/c1-3-17-9-10-7-8-18(2)14(10)11-5-4-6-12(15)13(11)16/h4-6,10,14,17H,3,7-9H2,1-2H3. The molecule has 0 amide bonds. The summed E-state index contributed by atoms with van der Waals surface area (Å²) in [5.41, 5.74) is 1.16. The molecule has 2 rings (SSSR count). The maximum absolute atomic E-state index is 6.36. The van der Waals surface area contributed by atoms with E-state index in [1.54, 1.807) is 0 Å². The third kappa shape index (κ3) is 2.83. The minimum Gasteiger partial charge on any atom is -0.317 e. The van der Waals surface area contributed by atoms with Gasteiger partial charge in [0.2, 0.25) is 0 Å². The summed E-state index contributed by atoms with van der Waals surface area (Å²) in [5, 5.41) is 4.80. The van der Waals surface area contributed by atoms with Crippen LogP contribution in [0.15, 0.2) is 18.2 Å². The highest BCUT2D eigenvalue weighted by Gasteiger charge is 2.34. The molecule has 0 aliphatic carbocycles. The van der Waals surface area contributed by atoms with Crippen molar-refractivity contribution < 1.29 is 0 Å². The lowest BCUT2D eigenvalue weighted by Crippen LogP contribution is -2.28. The van der Waals surface area contributed by atoms with Crippen LogP contribution in [0.2, 0.25) is 10.0 Å². The number of benzene rings is 1. The van der Waals surface area contributed by atoms with Gasteiger partial charge >= 0.3 is 0 Å². The van der Waals surface area contributed by atoms with Crippen molar-refractivity contribution in [2.24, 2.45) is 5.92 Å². The van der Waals surface area contributed by atoms with Crippen LogP contribution in [0.25, 0.3) is 0 Å². The Kier molecular flexibility index (Phi) is 4.91. The van der Waals surface area contributed by atoms with Crippen molar-refractivity contribution in [2.45, 2.75) is 19.4 Å². The summed E-state index contributed by atoms with van der Waals surface area (Å²) in [6, 6.07) is 6.30. The van der Waals surface area contributed by atoms with Crippen molar-refractivity contribution in [1.82, 2.24) is 10.2 Å². The van der Waals surface area contributed by atoms with E-state index in [1.807, 2.05) is 12.1 Å². The first-order chi connectivity index (χ1) is 8.65. The molecule has 1 aromatic rings. The average molecular weight is 287 g/mol. The number of halogens is 2. The van der Waals surface area contributed by atoms with Gasteiger partial charge in [-0.3, -0.25) is 4.90 Å². The zero-order valence-electron chi connectivity index (χ0n) is 10.9. The van der Waals surface area contributed by atoms with Crippen LogP contribution in [-0.4, -0.2) is 31.6 Å². The van der Waals surface area contributed by atoms with E-state index in [-0.39, 0.29) is 0 Å². The molecular formula is C14H20Cl2N2. The molecule has 4 heteroatoms. The van der Waals surface area contributed by atoms with E-state index in [9.17, 15) is 0 Å². The Morgan fingerprint density at radius 2 is 2.17 bits per heavy atom. The van der Waals surface area contributed by atoms with E-state index in [0.717, 1.165) is 25.2 Å². The van der Waals surface area contributed by atoms with Crippen LogP contribution in [0.5, 0.6) is 0 Å². The number of likely N-dealkylation sites (tertiary alicyclic amines) is 1. The fourth-order valence-corrected chi connectivity index (χ4v) is 3.23. The molecule has 1 aliphatic heterocycles. The van der Waals surface area contributed by atoms with Crippen LogP contribution in [-0.2, 0) is 0 Å². The second-order valence-electron chi connectivity index (χ2n) is 4.92. The van der Waals surface area contributed by atoms with Crippen molar-refractivity contribution in [3.8, 4) is 0 Å². The Morgan fingerprint density at radius 1 is 1.39 bits per heavy atom. The van der Waals surface area contributed by atoms with Gasteiger partial charge < -0.3 is 5.32 Å². The van der Waals surface area contributed by atoms with Crippen molar-refractivity contribution in [2.75, 3.05) is 26.7 Å². The smallest absolute Gasteiger partial charge is 0.0640 e. The monoisotopic (exact) mass is 286 g/mol. The molecular weight excluding hydrogens is 267 g/mol. The number of hydrogen-bond acceptors (Lipinski definition) is 2. The molecule has 1 aliphatic rings. The van der Waals surface area contributed by atoms with E-state index in [1.165, 1.54) is 6.42 Å². The number of nitrogens with zero attached hydrogens (tertiary/aromatic N) is 1. The van der Waals surface area contributed by atoms with E-state index in [2.05, 4.69) is 30.3 Å². The molecule has 0 aromatic heterocycles. The van der Waals surface area contributed by atoms with Gasteiger partial charge in [-0.2, -0.15) is 0 Å². The van der Waals surface area contributed by atoms with Gasteiger partial charge in [-0.1, -0.05) is 42.3 Å². The van der Waals surface area contributed by atoms with E-state index < -0.39 is 0 Å². The van der Waals surface area contributed by atoms with E-state index in [0.29, 0.717) is 22.0 Å². The Balaban J connectivity index is 2.25. The highest BCUT2D eigenvalue weighted by molar-refractivity contribution is 6.42. The molecule has 2 unspecified atom stereocenters. The minimum absolute atomic E-state index is 0.371.